The molecular formula is C32H34N6O4. The van der Waals surface area contributed by atoms with Crippen LogP contribution < -0.4 is 5.32 Å². The molecule has 0 spiro atoms. The molecule has 5 rings (SSSR count). The molecule has 2 N–H and O–H groups in total. The van der Waals surface area contributed by atoms with E-state index in [9.17, 15) is 24.8 Å². The Bertz CT molecular complexity index is 1430. The van der Waals surface area contributed by atoms with Gasteiger partial charge in [0.05, 0.1) is 19.2 Å². The molecule has 4 amide bonds. The van der Waals surface area contributed by atoms with Crippen molar-refractivity contribution in [3.05, 3.63) is 102 Å². The molecule has 2 atom stereocenters. The topological polar surface area (TPSA) is 120 Å². The quantitative estimate of drug-likeness (QED) is 0.385. The first-order chi connectivity index (χ1) is 20.4. The Morgan fingerprint density at radius 1 is 0.929 bits per heavy atom. The molecule has 3 aromatic rings. The number of benzene rings is 3. The average molecular weight is 567 g/mol. The number of amides is 4. The van der Waals surface area contributed by atoms with E-state index in [1.54, 1.807) is 29.2 Å². The van der Waals surface area contributed by atoms with E-state index >= 15 is 0 Å². The zero-order valence-corrected chi connectivity index (χ0v) is 23.3. The van der Waals surface area contributed by atoms with E-state index in [1.807, 2.05) is 60.7 Å². The minimum atomic E-state index is -0.842. The summed E-state index contributed by atoms with van der Waals surface area (Å²) in [6, 6.07) is 26.8. The molecule has 10 heteroatoms. The van der Waals surface area contributed by atoms with Crippen molar-refractivity contribution in [1.82, 2.24) is 25.1 Å². The van der Waals surface area contributed by atoms with Gasteiger partial charge in [0.1, 0.15) is 24.5 Å². The summed E-state index contributed by atoms with van der Waals surface area (Å²) in [5, 5.41) is 25.1. The Morgan fingerprint density at radius 2 is 1.60 bits per heavy atom. The van der Waals surface area contributed by atoms with Crippen molar-refractivity contribution in [3.8, 4) is 11.8 Å². The number of phenolic OH excluding ortho intramolecular Hbond substituents is 1. The SMILES string of the molecule is N#CCN1CC(=O)N2C(Cc3ccc(O)cc3)C(=O)N(CCCc3ccccc3)C[C@@H]2N1C(=O)NCc1ccccc1. The van der Waals surface area contributed by atoms with Gasteiger partial charge in [-0.15, -0.1) is 0 Å². The van der Waals surface area contributed by atoms with Gasteiger partial charge in [-0.2, -0.15) is 10.3 Å². The number of fused-ring (bicyclic) bond motifs is 1. The second kappa shape index (κ2) is 13.2. The van der Waals surface area contributed by atoms with Crippen molar-refractivity contribution < 1.29 is 19.5 Å². The summed E-state index contributed by atoms with van der Waals surface area (Å²) in [4.78, 5) is 44.5. The standard InChI is InChI=1S/C32H34N6O4/c33-17-19-36-23-30(40)37-28(20-25-13-15-27(39)16-14-25)31(41)35(18-7-12-24-8-3-1-4-9-24)22-29(37)38(36)32(42)34-21-26-10-5-2-6-11-26/h1-6,8-11,13-16,28-29,39H,7,12,18-23H2,(H,34,42)/t28?,29-/m0/s1. The number of nitrogens with zero attached hydrogens (tertiary/aromatic N) is 5. The second-order valence-electron chi connectivity index (χ2n) is 10.5. The van der Waals surface area contributed by atoms with Crippen molar-refractivity contribution in [1.29, 1.82) is 5.26 Å². The van der Waals surface area contributed by atoms with Gasteiger partial charge in [-0.05, 0) is 41.7 Å². The van der Waals surface area contributed by atoms with E-state index in [0.717, 1.165) is 17.5 Å². The number of carbonyl (C=O) groups excluding carboxylic acids is 3. The maximum Gasteiger partial charge on any atom is 0.334 e. The molecule has 216 valence electrons. The van der Waals surface area contributed by atoms with Gasteiger partial charge in [0.15, 0.2) is 0 Å². The molecule has 0 aromatic heterocycles. The van der Waals surface area contributed by atoms with E-state index < -0.39 is 18.2 Å². The van der Waals surface area contributed by atoms with Crippen LogP contribution in [0.2, 0.25) is 0 Å². The van der Waals surface area contributed by atoms with Gasteiger partial charge in [-0.3, -0.25) is 9.59 Å². The molecule has 10 nitrogen and oxygen atoms in total. The highest BCUT2D eigenvalue weighted by molar-refractivity contribution is 5.91. The lowest BCUT2D eigenvalue weighted by atomic mass is 9.98. The fourth-order valence-corrected chi connectivity index (χ4v) is 5.64. The first-order valence-corrected chi connectivity index (χ1v) is 14.1. The van der Waals surface area contributed by atoms with Gasteiger partial charge in [0, 0.05) is 19.5 Å². The molecule has 0 bridgehead atoms. The van der Waals surface area contributed by atoms with Crippen molar-refractivity contribution in [2.75, 3.05) is 26.2 Å². The molecule has 0 saturated carbocycles. The Balaban J connectivity index is 1.43. The largest absolute Gasteiger partial charge is 0.508 e. The summed E-state index contributed by atoms with van der Waals surface area (Å²) in [7, 11) is 0. The third-order valence-corrected chi connectivity index (χ3v) is 7.68. The van der Waals surface area contributed by atoms with Crippen molar-refractivity contribution in [2.24, 2.45) is 0 Å². The van der Waals surface area contributed by atoms with Gasteiger partial charge in [0.25, 0.3) is 0 Å². The lowest BCUT2D eigenvalue weighted by Crippen LogP contribution is -2.76. The third kappa shape index (κ3) is 6.53. The number of nitriles is 1. The van der Waals surface area contributed by atoms with E-state index in [4.69, 9.17) is 0 Å². The number of urea groups is 1. The number of rotatable bonds is 9. The van der Waals surface area contributed by atoms with Crippen LogP contribution in [0.25, 0.3) is 0 Å². The van der Waals surface area contributed by atoms with Crippen molar-refractivity contribution >= 4 is 17.8 Å². The number of piperazine rings is 1. The molecular weight excluding hydrogens is 532 g/mol. The van der Waals surface area contributed by atoms with E-state index in [-0.39, 0.29) is 50.2 Å². The van der Waals surface area contributed by atoms with Crippen molar-refractivity contribution in [2.45, 2.75) is 38.0 Å². The molecule has 2 heterocycles. The van der Waals surface area contributed by atoms with Crippen LogP contribution in [0.5, 0.6) is 5.75 Å². The minimum Gasteiger partial charge on any atom is -0.508 e. The number of hydrazine groups is 1. The molecule has 42 heavy (non-hydrogen) atoms. The number of aryl methyl sites for hydroxylation is 1. The van der Waals surface area contributed by atoms with Gasteiger partial charge in [0.2, 0.25) is 11.8 Å². The van der Waals surface area contributed by atoms with Crippen LogP contribution in [0, 0.1) is 11.3 Å². The van der Waals surface area contributed by atoms with Crippen LogP contribution in [-0.4, -0.2) is 81.2 Å². The Kier molecular flexibility index (Phi) is 8.99. The molecule has 0 radical (unpaired) electrons. The summed E-state index contributed by atoms with van der Waals surface area (Å²) in [6.45, 7) is 0.506. The van der Waals surface area contributed by atoms with Crippen LogP contribution in [0.4, 0.5) is 4.79 Å². The van der Waals surface area contributed by atoms with E-state index in [0.29, 0.717) is 13.0 Å². The maximum absolute atomic E-state index is 13.9. The highest BCUT2D eigenvalue weighted by atomic mass is 16.3. The predicted molar refractivity (Wildman–Crippen MR) is 155 cm³/mol. The molecule has 2 saturated heterocycles. The van der Waals surface area contributed by atoms with Crippen LogP contribution in [0.1, 0.15) is 23.1 Å². The molecule has 0 aliphatic carbocycles. The third-order valence-electron chi connectivity index (χ3n) is 7.68. The lowest BCUT2D eigenvalue weighted by molar-refractivity contribution is -0.188. The molecule has 2 aliphatic rings. The number of nitrogens with one attached hydrogen (secondary N) is 1. The zero-order chi connectivity index (χ0) is 29.5. The summed E-state index contributed by atoms with van der Waals surface area (Å²) >= 11 is 0. The second-order valence-corrected chi connectivity index (χ2v) is 10.5. The van der Waals surface area contributed by atoms with Crippen LogP contribution in [-0.2, 0) is 29.0 Å². The molecule has 1 unspecified atom stereocenters. The average Bonchev–Trinajstić information content (AvgIpc) is 3.00. The Labute approximate surface area is 245 Å². The first kappa shape index (κ1) is 28.6. The fourth-order valence-electron chi connectivity index (χ4n) is 5.64. The normalized spacial score (nSPS) is 18.9. The number of hydrogen-bond donors (Lipinski definition) is 2. The zero-order valence-electron chi connectivity index (χ0n) is 23.3. The molecule has 2 aliphatic heterocycles. The molecule has 3 aromatic carbocycles. The van der Waals surface area contributed by atoms with Gasteiger partial charge < -0.3 is 20.2 Å². The lowest BCUT2D eigenvalue weighted by Gasteiger charge is -2.54. The van der Waals surface area contributed by atoms with E-state index in [2.05, 4.69) is 11.4 Å². The Hall–Kier alpha value is -4.88. The molecule has 2 fully saturated rings. The highest BCUT2D eigenvalue weighted by Gasteiger charge is 2.51. The monoisotopic (exact) mass is 566 g/mol. The number of carbonyl (C=O) groups is 3. The van der Waals surface area contributed by atoms with Crippen LogP contribution in [0.3, 0.4) is 0 Å². The summed E-state index contributed by atoms with van der Waals surface area (Å²) < 4.78 is 0. The van der Waals surface area contributed by atoms with Gasteiger partial charge >= 0.3 is 6.03 Å². The first-order valence-electron chi connectivity index (χ1n) is 14.1. The van der Waals surface area contributed by atoms with Crippen LogP contribution >= 0.6 is 0 Å². The highest BCUT2D eigenvalue weighted by Crippen LogP contribution is 2.29. The number of aromatic hydroxyl groups is 1. The summed E-state index contributed by atoms with van der Waals surface area (Å²) in [5.74, 6) is -0.390. The van der Waals surface area contributed by atoms with E-state index in [1.165, 1.54) is 20.5 Å². The van der Waals surface area contributed by atoms with Gasteiger partial charge in [-0.25, -0.2) is 9.80 Å². The van der Waals surface area contributed by atoms with Gasteiger partial charge in [-0.1, -0.05) is 72.8 Å². The number of phenols is 1. The summed E-state index contributed by atoms with van der Waals surface area (Å²) in [6.07, 6.45) is 0.938. The van der Waals surface area contributed by atoms with Crippen molar-refractivity contribution in [3.63, 3.8) is 0 Å². The minimum absolute atomic E-state index is 0.108. The number of hydrogen-bond acceptors (Lipinski definition) is 6. The maximum atomic E-state index is 13.9. The van der Waals surface area contributed by atoms with Crippen LogP contribution in [0.15, 0.2) is 84.9 Å². The smallest absolute Gasteiger partial charge is 0.334 e. The fraction of sp³-hybridized carbons (Fsp3) is 0.312. The Morgan fingerprint density at radius 3 is 2.26 bits per heavy atom. The predicted octanol–water partition coefficient (Wildman–Crippen LogP) is 2.90. The summed E-state index contributed by atoms with van der Waals surface area (Å²) in [5.41, 5.74) is 2.86.